The number of methoxy groups -OCH3 is 1. The Hall–Kier alpha value is -2.30. The Morgan fingerprint density at radius 2 is 1.85 bits per heavy atom. The van der Waals surface area contributed by atoms with E-state index in [0.29, 0.717) is 11.4 Å². The molecule has 0 spiro atoms. The van der Waals surface area contributed by atoms with Crippen molar-refractivity contribution in [3.8, 4) is 11.4 Å². The van der Waals surface area contributed by atoms with Crippen molar-refractivity contribution in [1.29, 1.82) is 0 Å². The Balaban J connectivity index is 2.53. The van der Waals surface area contributed by atoms with Gasteiger partial charge in [-0.25, -0.2) is 9.48 Å². The maximum Gasteiger partial charge on any atom is 0.354 e. The van der Waals surface area contributed by atoms with Gasteiger partial charge in [0.2, 0.25) is 0 Å². The fraction of sp³-hybridized carbons (Fsp3) is 0.333. The Labute approximate surface area is 117 Å². The van der Waals surface area contributed by atoms with Gasteiger partial charge in [0, 0.05) is 5.41 Å². The second-order valence-corrected chi connectivity index (χ2v) is 5.58. The van der Waals surface area contributed by atoms with Gasteiger partial charge in [-0.3, -0.25) is 0 Å². The quantitative estimate of drug-likeness (QED) is 0.934. The molecule has 0 aliphatic rings. The molecular weight excluding hydrogens is 256 g/mol. The summed E-state index contributed by atoms with van der Waals surface area (Å²) in [5.74, 6) is -0.280. The Morgan fingerprint density at radius 1 is 1.25 bits per heavy atom. The van der Waals surface area contributed by atoms with Crippen LogP contribution in [0.25, 0.3) is 5.69 Å². The normalized spacial score (nSPS) is 11.4. The molecule has 1 aromatic carbocycles. The Morgan fingerprint density at radius 3 is 2.30 bits per heavy atom. The first kappa shape index (κ1) is 14.1. The molecule has 1 heterocycles. The summed E-state index contributed by atoms with van der Waals surface area (Å²) in [6, 6.07) is 8.74. The zero-order valence-electron chi connectivity index (χ0n) is 12.0. The van der Waals surface area contributed by atoms with E-state index in [-0.39, 0.29) is 11.1 Å². The number of carbonyl (C=O) groups is 1. The molecule has 2 rings (SSSR count). The molecule has 1 aromatic heterocycles. The number of nitrogens with zero attached hydrogens (tertiary/aromatic N) is 2. The molecule has 0 aliphatic heterocycles. The molecular formula is C15H18N2O3. The Kier molecular flexibility index (Phi) is 3.53. The summed E-state index contributed by atoms with van der Waals surface area (Å²) in [5, 5.41) is 13.7. The lowest BCUT2D eigenvalue weighted by molar-refractivity contribution is 0.0687. The van der Waals surface area contributed by atoms with Crippen molar-refractivity contribution in [1.82, 2.24) is 9.78 Å². The maximum absolute atomic E-state index is 11.4. The molecule has 1 N–H and O–H groups in total. The number of hydrogen-bond acceptors (Lipinski definition) is 3. The summed E-state index contributed by atoms with van der Waals surface area (Å²) >= 11 is 0. The molecule has 2 aromatic rings. The minimum atomic E-state index is -0.996. The van der Waals surface area contributed by atoms with Crippen LogP contribution in [0.2, 0.25) is 0 Å². The average molecular weight is 274 g/mol. The second-order valence-electron chi connectivity index (χ2n) is 5.58. The smallest absolute Gasteiger partial charge is 0.354 e. The van der Waals surface area contributed by atoms with E-state index in [2.05, 4.69) is 5.10 Å². The third-order valence-corrected chi connectivity index (χ3v) is 3.01. The van der Waals surface area contributed by atoms with Crippen LogP contribution in [0.4, 0.5) is 0 Å². The molecule has 20 heavy (non-hydrogen) atoms. The van der Waals surface area contributed by atoms with Gasteiger partial charge in [0.25, 0.3) is 0 Å². The molecule has 0 bridgehead atoms. The van der Waals surface area contributed by atoms with Gasteiger partial charge in [0.05, 0.1) is 18.5 Å². The number of aromatic carboxylic acids is 1. The van der Waals surface area contributed by atoms with Gasteiger partial charge in [-0.05, 0) is 30.3 Å². The Bertz CT molecular complexity index is 622. The van der Waals surface area contributed by atoms with Crippen LogP contribution in [-0.4, -0.2) is 28.0 Å². The van der Waals surface area contributed by atoms with Gasteiger partial charge in [0.1, 0.15) is 5.75 Å². The number of benzene rings is 1. The van der Waals surface area contributed by atoms with Crippen molar-refractivity contribution in [2.75, 3.05) is 7.11 Å². The highest BCUT2D eigenvalue weighted by atomic mass is 16.5. The molecule has 0 fully saturated rings. The standard InChI is InChI=1S/C15H18N2O3/c1-15(2,3)13-9-12(14(18)19)17(16-13)10-5-7-11(20-4)8-6-10/h5-9H,1-4H3,(H,18,19). The van der Waals surface area contributed by atoms with Crippen molar-refractivity contribution in [3.05, 3.63) is 41.7 Å². The lowest BCUT2D eigenvalue weighted by atomic mass is 9.92. The van der Waals surface area contributed by atoms with Crippen molar-refractivity contribution >= 4 is 5.97 Å². The molecule has 0 saturated carbocycles. The highest BCUT2D eigenvalue weighted by molar-refractivity contribution is 5.86. The van der Waals surface area contributed by atoms with E-state index in [4.69, 9.17) is 4.74 Å². The lowest BCUT2D eigenvalue weighted by Crippen LogP contribution is -2.12. The van der Waals surface area contributed by atoms with Gasteiger partial charge in [0.15, 0.2) is 5.69 Å². The van der Waals surface area contributed by atoms with Crippen LogP contribution in [-0.2, 0) is 5.41 Å². The summed E-state index contributed by atoms with van der Waals surface area (Å²) in [4.78, 5) is 11.4. The largest absolute Gasteiger partial charge is 0.497 e. The topological polar surface area (TPSA) is 64.4 Å². The summed E-state index contributed by atoms with van der Waals surface area (Å²) in [7, 11) is 1.59. The molecule has 0 unspecified atom stereocenters. The molecule has 0 saturated heterocycles. The molecule has 0 radical (unpaired) electrons. The number of carboxylic acids is 1. The minimum absolute atomic E-state index is 0.153. The average Bonchev–Trinajstić information content (AvgIpc) is 2.84. The van der Waals surface area contributed by atoms with Gasteiger partial charge < -0.3 is 9.84 Å². The SMILES string of the molecule is COc1ccc(-n2nc(C(C)(C)C)cc2C(=O)O)cc1. The monoisotopic (exact) mass is 274 g/mol. The summed E-state index contributed by atoms with van der Waals surface area (Å²) in [6.45, 7) is 6.00. The predicted octanol–water partition coefficient (Wildman–Crippen LogP) is 2.88. The first-order chi connectivity index (χ1) is 9.32. The van der Waals surface area contributed by atoms with Crippen LogP contribution in [0, 0.1) is 0 Å². The van der Waals surface area contributed by atoms with Crippen molar-refractivity contribution < 1.29 is 14.6 Å². The van der Waals surface area contributed by atoms with Gasteiger partial charge in [-0.2, -0.15) is 5.10 Å². The van der Waals surface area contributed by atoms with Crippen LogP contribution < -0.4 is 4.74 Å². The van der Waals surface area contributed by atoms with Crippen LogP contribution >= 0.6 is 0 Å². The van der Waals surface area contributed by atoms with Crippen LogP contribution in [0.5, 0.6) is 5.75 Å². The number of hydrogen-bond donors (Lipinski definition) is 1. The van der Waals surface area contributed by atoms with Crippen molar-refractivity contribution in [2.45, 2.75) is 26.2 Å². The molecule has 5 nitrogen and oxygen atoms in total. The molecule has 0 atom stereocenters. The van der Waals surface area contributed by atoms with Gasteiger partial charge in [-0.15, -0.1) is 0 Å². The van der Waals surface area contributed by atoms with E-state index in [0.717, 1.165) is 5.69 Å². The fourth-order valence-corrected chi connectivity index (χ4v) is 1.82. The number of ether oxygens (including phenoxy) is 1. The second kappa shape index (κ2) is 5.00. The molecule has 0 amide bonds. The van der Waals surface area contributed by atoms with E-state index in [1.165, 1.54) is 4.68 Å². The zero-order valence-corrected chi connectivity index (χ0v) is 12.0. The zero-order chi connectivity index (χ0) is 14.9. The first-order valence-electron chi connectivity index (χ1n) is 6.31. The minimum Gasteiger partial charge on any atom is -0.497 e. The number of carboxylic acid groups (broad SMARTS) is 1. The maximum atomic E-state index is 11.4. The highest BCUT2D eigenvalue weighted by Crippen LogP contribution is 2.24. The molecule has 0 aliphatic carbocycles. The van der Waals surface area contributed by atoms with E-state index < -0.39 is 5.97 Å². The van der Waals surface area contributed by atoms with E-state index in [1.807, 2.05) is 20.8 Å². The third-order valence-electron chi connectivity index (χ3n) is 3.01. The van der Waals surface area contributed by atoms with Crippen LogP contribution in [0.15, 0.2) is 30.3 Å². The molecule has 5 heteroatoms. The lowest BCUT2D eigenvalue weighted by Gasteiger charge is -2.14. The highest BCUT2D eigenvalue weighted by Gasteiger charge is 2.23. The van der Waals surface area contributed by atoms with E-state index in [9.17, 15) is 9.90 Å². The first-order valence-corrected chi connectivity index (χ1v) is 6.31. The van der Waals surface area contributed by atoms with Gasteiger partial charge in [-0.1, -0.05) is 20.8 Å². The summed E-state index contributed by atoms with van der Waals surface area (Å²) in [6.07, 6.45) is 0. The summed E-state index contributed by atoms with van der Waals surface area (Å²) in [5.41, 5.74) is 1.38. The fourth-order valence-electron chi connectivity index (χ4n) is 1.82. The van der Waals surface area contributed by atoms with E-state index in [1.54, 1.807) is 37.4 Å². The van der Waals surface area contributed by atoms with Gasteiger partial charge >= 0.3 is 5.97 Å². The third kappa shape index (κ3) is 2.66. The van der Waals surface area contributed by atoms with Crippen LogP contribution in [0.3, 0.4) is 0 Å². The van der Waals surface area contributed by atoms with Crippen molar-refractivity contribution in [3.63, 3.8) is 0 Å². The number of rotatable bonds is 3. The summed E-state index contributed by atoms with van der Waals surface area (Å²) < 4.78 is 6.54. The number of aromatic nitrogens is 2. The van der Waals surface area contributed by atoms with Crippen molar-refractivity contribution in [2.24, 2.45) is 0 Å². The van der Waals surface area contributed by atoms with E-state index >= 15 is 0 Å². The predicted molar refractivity (Wildman–Crippen MR) is 75.8 cm³/mol. The van der Waals surface area contributed by atoms with Crippen LogP contribution in [0.1, 0.15) is 37.0 Å². The molecule has 106 valence electrons.